The van der Waals surface area contributed by atoms with Gasteiger partial charge in [0, 0.05) is 19.6 Å². The molecule has 2 saturated heterocycles. The van der Waals surface area contributed by atoms with Crippen molar-refractivity contribution in [2.24, 2.45) is 0 Å². The number of nitrogens with zero attached hydrogens (tertiary/aromatic N) is 2. The summed E-state index contributed by atoms with van der Waals surface area (Å²) in [4.78, 5) is 13.7. The molecule has 2 fully saturated rings. The summed E-state index contributed by atoms with van der Waals surface area (Å²) in [5.41, 5.74) is -1.21. The van der Waals surface area contributed by atoms with Gasteiger partial charge in [-0.1, -0.05) is 13.0 Å². The lowest BCUT2D eigenvalue weighted by atomic mass is 9.86. The van der Waals surface area contributed by atoms with Gasteiger partial charge in [-0.25, -0.2) is 17.2 Å². The van der Waals surface area contributed by atoms with Gasteiger partial charge in [0.05, 0.1) is 0 Å². The third kappa shape index (κ3) is 2.85. The Balaban J connectivity index is 2.05. The Kier molecular flexibility index (Phi) is 4.85. The van der Waals surface area contributed by atoms with Gasteiger partial charge in [-0.3, -0.25) is 4.79 Å². The van der Waals surface area contributed by atoms with E-state index in [0.717, 1.165) is 28.9 Å². The second kappa shape index (κ2) is 6.64. The zero-order valence-electron chi connectivity index (χ0n) is 14.2. The average molecular weight is 372 g/mol. The summed E-state index contributed by atoms with van der Waals surface area (Å²) in [5.74, 6) is -2.50. The van der Waals surface area contributed by atoms with Gasteiger partial charge in [-0.15, -0.1) is 0 Å². The lowest BCUT2D eigenvalue weighted by molar-refractivity contribution is -0.144. The van der Waals surface area contributed by atoms with E-state index in [4.69, 9.17) is 0 Å². The number of sulfonamides is 1. The highest BCUT2D eigenvalue weighted by atomic mass is 32.2. The lowest BCUT2D eigenvalue weighted by Crippen LogP contribution is -2.61. The van der Waals surface area contributed by atoms with Gasteiger partial charge in [0.2, 0.25) is 15.9 Å². The standard InChI is InChI=1S/C17H22F2N2O3S/c1-2-10-20-11-4-8-17(16(20)22)9-5-12-21(17)25(23,24)15-13(18)6-3-7-14(15)19/h3,6-7H,2,4-5,8-12H2,1H3. The normalized spacial score (nSPS) is 25.1. The molecule has 1 aromatic rings. The highest BCUT2D eigenvalue weighted by Crippen LogP contribution is 2.42. The molecule has 1 unspecified atom stereocenters. The maximum atomic E-state index is 14.1. The van der Waals surface area contributed by atoms with Gasteiger partial charge in [-0.2, -0.15) is 4.31 Å². The zero-order chi connectivity index (χ0) is 18.2. The molecule has 0 N–H and O–H groups in total. The van der Waals surface area contributed by atoms with Crippen molar-refractivity contribution in [3.63, 3.8) is 0 Å². The number of benzene rings is 1. The fourth-order valence-corrected chi connectivity index (χ4v) is 5.99. The molecule has 0 radical (unpaired) electrons. The Bertz CT molecular complexity index is 762. The third-order valence-electron chi connectivity index (χ3n) is 5.09. The predicted octanol–water partition coefficient (Wildman–Crippen LogP) is 2.52. The minimum Gasteiger partial charge on any atom is -0.341 e. The Morgan fingerprint density at radius 2 is 1.72 bits per heavy atom. The van der Waals surface area contributed by atoms with Gasteiger partial charge < -0.3 is 4.90 Å². The highest BCUT2D eigenvalue weighted by Gasteiger charge is 2.56. The van der Waals surface area contributed by atoms with Crippen molar-refractivity contribution < 1.29 is 22.0 Å². The number of piperidine rings is 1. The molecule has 138 valence electrons. The second-order valence-corrected chi connectivity index (χ2v) is 8.46. The van der Waals surface area contributed by atoms with Crippen LogP contribution in [0.4, 0.5) is 8.78 Å². The minimum atomic E-state index is -4.44. The van der Waals surface area contributed by atoms with Crippen molar-refractivity contribution >= 4 is 15.9 Å². The van der Waals surface area contributed by atoms with Crippen LogP contribution in [0.3, 0.4) is 0 Å². The van der Waals surface area contributed by atoms with E-state index in [-0.39, 0.29) is 12.5 Å². The maximum absolute atomic E-state index is 14.1. The van der Waals surface area contributed by atoms with Crippen molar-refractivity contribution in [1.82, 2.24) is 9.21 Å². The smallest absolute Gasteiger partial charge is 0.249 e. The van der Waals surface area contributed by atoms with E-state index in [2.05, 4.69) is 0 Å². The van der Waals surface area contributed by atoms with Crippen LogP contribution in [0.2, 0.25) is 0 Å². The van der Waals surface area contributed by atoms with Gasteiger partial charge in [-0.05, 0) is 44.2 Å². The van der Waals surface area contributed by atoms with Crippen molar-refractivity contribution in [3.05, 3.63) is 29.8 Å². The number of likely N-dealkylation sites (tertiary alicyclic amines) is 1. The van der Waals surface area contributed by atoms with Crippen LogP contribution in [0.5, 0.6) is 0 Å². The molecule has 0 aliphatic carbocycles. The molecular formula is C17H22F2N2O3S. The van der Waals surface area contributed by atoms with Crippen LogP contribution < -0.4 is 0 Å². The summed E-state index contributed by atoms with van der Waals surface area (Å²) in [6.07, 6.45) is 2.73. The molecule has 0 aromatic heterocycles. The number of hydrogen-bond donors (Lipinski definition) is 0. The predicted molar refractivity (Wildman–Crippen MR) is 88.3 cm³/mol. The molecule has 2 aliphatic rings. The summed E-state index contributed by atoms with van der Waals surface area (Å²) >= 11 is 0. The minimum absolute atomic E-state index is 0.0990. The van der Waals surface area contributed by atoms with Crippen molar-refractivity contribution in [3.8, 4) is 0 Å². The number of carbonyl (C=O) groups is 1. The third-order valence-corrected chi connectivity index (χ3v) is 7.11. The molecule has 0 saturated carbocycles. The van der Waals surface area contributed by atoms with Crippen molar-refractivity contribution in [1.29, 1.82) is 0 Å². The molecule has 0 bridgehead atoms. The average Bonchev–Trinajstić information content (AvgIpc) is 2.97. The highest BCUT2D eigenvalue weighted by molar-refractivity contribution is 7.89. The van der Waals surface area contributed by atoms with E-state index < -0.39 is 32.1 Å². The van der Waals surface area contributed by atoms with E-state index in [0.29, 0.717) is 38.8 Å². The van der Waals surface area contributed by atoms with Crippen LogP contribution in [0.25, 0.3) is 0 Å². The van der Waals surface area contributed by atoms with Gasteiger partial charge in [0.1, 0.15) is 17.2 Å². The molecule has 3 rings (SSSR count). The molecule has 5 nitrogen and oxygen atoms in total. The molecule has 1 aromatic carbocycles. The first-order valence-electron chi connectivity index (χ1n) is 8.61. The van der Waals surface area contributed by atoms with E-state index in [1.165, 1.54) is 0 Å². The number of amides is 1. The van der Waals surface area contributed by atoms with Crippen LogP contribution in [0.15, 0.2) is 23.1 Å². The van der Waals surface area contributed by atoms with Crippen LogP contribution >= 0.6 is 0 Å². The monoisotopic (exact) mass is 372 g/mol. The summed E-state index contributed by atoms with van der Waals surface area (Å²) < 4.78 is 55.3. The number of hydrogen-bond acceptors (Lipinski definition) is 3. The topological polar surface area (TPSA) is 57.7 Å². The molecular weight excluding hydrogens is 350 g/mol. The summed E-state index contributed by atoms with van der Waals surface area (Å²) in [7, 11) is -4.44. The SMILES string of the molecule is CCCN1CCCC2(CCCN2S(=O)(=O)c2c(F)cccc2F)C1=O. The Morgan fingerprint density at radius 1 is 1.12 bits per heavy atom. The van der Waals surface area contributed by atoms with Crippen LogP contribution in [-0.4, -0.2) is 48.7 Å². The van der Waals surface area contributed by atoms with E-state index >= 15 is 0 Å². The summed E-state index contributed by atoms with van der Waals surface area (Å²) in [6.45, 7) is 3.20. The molecule has 8 heteroatoms. The van der Waals surface area contributed by atoms with Gasteiger partial charge in [0.15, 0.2) is 4.90 Å². The fraction of sp³-hybridized carbons (Fsp3) is 0.588. The van der Waals surface area contributed by atoms with Gasteiger partial charge in [0.25, 0.3) is 0 Å². The molecule has 1 atom stereocenters. The second-order valence-electron chi connectivity index (χ2n) is 6.66. The number of rotatable bonds is 4. The molecule has 2 aliphatic heterocycles. The first-order chi connectivity index (χ1) is 11.8. The zero-order valence-corrected chi connectivity index (χ0v) is 15.0. The first kappa shape index (κ1) is 18.3. The molecule has 1 spiro atoms. The largest absolute Gasteiger partial charge is 0.341 e. The van der Waals surface area contributed by atoms with Crippen molar-refractivity contribution in [2.45, 2.75) is 49.5 Å². The Morgan fingerprint density at radius 3 is 2.32 bits per heavy atom. The van der Waals surface area contributed by atoms with E-state index in [1.807, 2.05) is 6.92 Å². The lowest BCUT2D eigenvalue weighted by Gasteiger charge is -2.43. The quantitative estimate of drug-likeness (QED) is 0.816. The summed E-state index contributed by atoms with van der Waals surface area (Å²) in [6, 6.07) is 2.97. The summed E-state index contributed by atoms with van der Waals surface area (Å²) in [5, 5.41) is 0. The maximum Gasteiger partial charge on any atom is 0.249 e. The van der Waals surface area contributed by atoms with Crippen LogP contribution in [-0.2, 0) is 14.8 Å². The number of carbonyl (C=O) groups excluding carboxylic acids is 1. The fourth-order valence-electron chi connectivity index (χ4n) is 4.05. The molecule has 25 heavy (non-hydrogen) atoms. The van der Waals surface area contributed by atoms with Gasteiger partial charge >= 0.3 is 0 Å². The van der Waals surface area contributed by atoms with Crippen LogP contribution in [0.1, 0.15) is 39.0 Å². The molecule has 2 heterocycles. The first-order valence-corrected chi connectivity index (χ1v) is 10.0. The van der Waals surface area contributed by atoms with E-state index in [9.17, 15) is 22.0 Å². The van der Waals surface area contributed by atoms with Crippen LogP contribution in [0, 0.1) is 11.6 Å². The number of halogens is 2. The Hall–Kier alpha value is -1.54. The molecule has 1 amide bonds. The Labute approximate surface area is 146 Å². The van der Waals surface area contributed by atoms with Crippen molar-refractivity contribution in [2.75, 3.05) is 19.6 Å². The van der Waals surface area contributed by atoms with E-state index in [1.54, 1.807) is 4.90 Å².